The van der Waals surface area contributed by atoms with Crippen molar-refractivity contribution in [2.45, 2.75) is 49.4 Å². The minimum atomic E-state index is -3.38. The number of anilines is 6. The van der Waals surface area contributed by atoms with E-state index in [9.17, 15) is 0 Å². The minimum Gasteiger partial charge on any atom is -0.310 e. The standard InChI is InChI=1S/C86H66N2O2P2/c1-83(2)69-45-25-29-49-79(69)91(89,65-39-19-9-20-40-65)81-53-51-63(55-73(81)83)87-75-47-27-23-43-67(75)85(59-31-11-5-12-32-59,60-33-13-6-14-34-60)71-58-78-72(57-77(71)87)86(61-35-15-7-16-36-61,62-37-17-8-18-38-62)68-44-24-28-48-76(68)88(78)64-52-54-82-74(56-64)84(3,4)70-46-26-30-50-80(70)92(82,90)66-41-21-10-22-42-66/h5-58H,1-4H3. The predicted octanol–water partition coefficient (Wildman–Crippen LogP) is 18.6. The van der Waals surface area contributed by atoms with Crippen LogP contribution in [0, 0.1) is 0 Å². The first-order chi connectivity index (χ1) is 44.9. The molecule has 6 heteroatoms. The summed E-state index contributed by atoms with van der Waals surface area (Å²) in [6.07, 6.45) is 0. The second kappa shape index (κ2) is 20.7. The lowest BCUT2D eigenvalue weighted by Crippen LogP contribution is -2.43. The van der Waals surface area contributed by atoms with Crippen LogP contribution in [0.5, 0.6) is 0 Å². The van der Waals surface area contributed by atoms with Gasteiger partial charge < -0.3 is 18.9 Å². The Bertz CT molecular complexity index is 4780. The minimum absolute atomic E-state index is 0.531. The van der Waals surface area contributed by atoms with Gasteiger partial charge in [-0.05, 0) is 127 Å². The zero-order valence-electron chi connectivity index (χ0n) is 51.8. The van der Waals surface area contributed by atoms with Gasteiger partial charge in [-0.1, -0.05) is 295 Å². The van der Waals surface area contributed by atoms with Crippen LogP contribution in [0.4, 0.5) is 34.1 Å². The molecule has 0 spiro atoms. The zero-order chi connectivity index (χ0) is 62.2. The van der Waals surface area contributed by atoms with Crippen molar-refractivity contribution in [1.29, 1.82) is 0 Å². The summed E-state index contributed by atoms with van der Waals surface area (Å²) < 4.78 is 33.3. The predicted molar refractivity (Wildman–Crippen MR) is 383 cm³/mol. The molecule has 4 heterocycles. The number of hydrogen-bond donors (Lipinski definition) is 0. The van der Waals surface area contributed by atoms with E-state index >= 15 is 9.13 Å². The van der Waals surface area contributed by atoms with Crippen LogP contribution in [-0.4, -0.2) is 0 Å². The molecule has 13 aromatic carbocycles. The summed E-state index contributed by atoms with van der Waals surface area (Å²) >= 11 is 0. The van der Waals surface area contributed by atoms with Crippen LogP contribution in [0.15, 0.2) is 328 Å². The third-order valence-electron chi connectivity index (χ3n) is 20.9. The highest BCUT2D eigenvalue weighted by atomic mass is 31.2. The molecular formula is C86H66N2O2P2. The SMILES string of the molecule is CC1(C)c2ccccc2P(=O)(c2ccccc2)c2ccc(N3c4ccccc4C(c4ccccc4)(c4ccccc4)c4cc5c(cc43)C(c3ccccc3)(c3ccccc3)c3ccccc3N5c3ccc4c(c3)C(C)(C)c3ccccc3P4(=O)c3ccccc3)cc21. The Hall–Kier alpha value is -10.1. The molecule has 4 aliphatic heterocycles. The van der Waals surface area contributed by atoms with Gasteiger partial charge in [-0.25, -0.2) is 0 Å². The summed E-state index contributed by atoms with van der Waals surface area (Å²) in [7, 11) is -6.76. The second-order valence-electron chi connectivity index (χ2n) is 26.1. The Morgan fingerprint density at radius 1 is 0.239 bits per heavy atom. The average molecular weight is 1220 g/mol. The van der Waals surface area contributed by atoms with Crippen molar-refractivity contribution in [2.24, 2.45) is 0 Å². The van der Waals surface area contributed by atoms with E-state index in [0.29, 0.717) is 0 Å². The second-order valence-corrected chi connectivity index (χ2v) is 31.5. The topological polar surface area (TPSA) is 40.6 Å². The van der Waals surface area contributed by atoms with Crippen LogP contribution in [0.1, 0.15) is 94.5 Å². The lowest BCUT2D eigenvalue weighted by molar-refractivity contribution is 0.585. The van der Waals surface area contributed by atoms with E-state index in [-0.39, 0.29) is 0 Å². The van der Waals surface area contributed by atoms with Crippen LogP contribution in [0.25, 0.3) is 0 Å². The normalized spacial score (nSPS) is 18.7. The molecule has 4 aliphatic rings. The van der Waals surface area contributed by atoms with E-state index in [0.717, 1.165) is 133 Å². The number of fused-ring (bicyclic) bond motifs is 8. The Labute approximate surface area is 539 Å². The molecule has 442 valence electrons. The highest BCUT2D eigenvalue weighted by molar-refractivity contribution is 7.86. The van der Waals surface area contributed by atoms with Gasteiger partial charge in [0.1, 0.15) is 0 Å². The fourth-order valence-electron chi connectivity index (χ4n) is 16.8. The summed E-state index contributed by atoms with van der Waals surface area (Å²) in [5.41, 5.74) is 16.5. The Morgan fingerprint density at radius 2 is 0.511 bits per heavy atom. The van der Waals surface area contributed by atoms with Gasteiger partial charge in [-0.2, -0.15) is 0 Å². The summed E-state index contributed by atoms with van der Waals surface area (Å²) in [5, 5.41) is 5.18. The van der Waals surface area contributed by atoms with Crippen molar-refractivity contribution in [3.63, 3.8) is 0 Å². The maximum atomic E-state index is 16.6. The van der Waals surface area contributed by atoms with E-state index < -0.39 is 35.9 Å². The first-order valence-corrected chi connectivity index (χ1v) is 35.4. The van der Waals surface area contributed by atoms with Gasteiger partial charge in [0.2, 0.25) is 0 Å². The summed E-state index contributed by atoms with van der Waals surface area (Å²) in [6.45, 7) is 9.20. The van der Waals surface area contributed by atoms with Crippen molar-refractivity contribution >= 4 is 80.2 Å². The smallest absolute Gasteiger partial charge is 0.171 e. The highest BCUT2D eigenvalue weighted by Gasteiger charge is 2.54. The van der Waals surface area contributed by atoms with Gasteiger partial charge in [0.15, 0.2) is 14.3 Å². The number of nitrogens with zero attached hydrogens (tertiary/aromatic N) is 2. The largest absolute Gasteiger partial charge is 0.310 e. The lowest BCUT2D eigenvalue weighted by atomic mass is 9.59. The lowest BCUT2D eigenvalue weighted by Gasteiger charge is -2.51. The van der Waals surface area contributed by atoms with Crippen molar-refractivity contribution in [2.75, 3.05) is 9.80 Å². The van der Waals surface area contributed by atoms with Crippen LogP contribution in [-0.2, 0) is 30.8 Å². The third kappa shape index (κ3) is 7.60. The number of para-hydroxylation sites is 2. The van der Waals surface area contributed by atoms with Gasteiger partial charge >= 0.3 is 0 Å². The van der Waals surface area contributed by atoms with E-state index in [2.05, 4.69) is 292 Å². The van der Waals surface area contributed by atoms with E-state index in [1.54, 1.807) is 0 Å². The molecule has 0 aliphatic carbocycles. The fourth-order valence-corrected chi connectivity index (χ4v) is 23.5. The molecule has 0 fully saturated rings. The highest BCUT2D eigenvalue weighted by Crippen LogP contribution is 2.65. The van der Waals surface area contributed by atoms with Gasteiger partial charge in [-0.3, -0.25) is 0 Å². The molecule has 17 rings (SSSR count). The molecule has 0 amide bonds. The zero-order valence-corrected chi connectivity index (χ0v) is 53.6. The molecule has 2 unspecified atom stereocenters. The molecular weight excluding hydrogens is 1150 g/mol. The van der Waals surface area contributed by atoms with Crippen LogP contribution in [0.2, 0.25) is 0 Å². The Balaban J connectivity index is 1.02. The summed E-state index contributed by atoms with van der Waals surface area (Å²) in [4.78, 5) is 5.04. The average Bonchev–Trinajstić information content (AvgIpc) is 0.682. The quantitative estimate of drug-likeness (QED) is 0.142. The van der Waals surface area contributed by atoms with Gasteiger partial charge in [0.05, 0.1) is 33.6 Å². The first kappa shape index (κ1) is 55.9. The van der Waals surface area contributed by atoms with Crippen LogP contribution < -0.4 is 41.6 Å². The maximum absolute atomic E-state index is 16.6. The fraction of sp³-hybridized carbons (Fsp3) is 0.0930. The number of hydrogen-bond acceptors (Lipinski definition) is 4. The Morgan fingerprint density at radius 3 is 0.848 bits per heavy atom. The number of rotatable bonds is 8. The van der Waals surface area contributed by atoms with Gasteiger partial charge in [0, 0.05) is 54.0 Å². The van der Waals surface area contributed by atoms with Crippen molar-refractivity contribution in [1.82, 2.24) is 0 Å². The number of benzene rings is 13. The molecule has 92 heavy (non-hydrogen) atoms. The maximum Gasteiger partial charge on any atom is 0.171 e. The molecule has 13 aromatic rings. The molecule has 0 saturated heterocycles. The molecule has 2 atom stereocenters. The van der Waals surface area contributed by atoms with Crippen LogP contribution >= 0.6 is 14.3 Å². The van der Waals surface area contributed by atoms with Crippen molar-refractivity contribution < 1.29 is 9.13 Å². The van der Waals surface area contributed by atoms with Gasteiger partial charge in [0.25, 0.3) is 0 Å². The summed E-state index contributed by atoms with van der Waals surface area (Å²) in [6, 6.07) is 118. The van der Waals surface area contributed by atoms with Crippen molar-refractivity contribution in [3.8, 4) is 0 Å². The Kier molecular flexibility index (Phi) is 12.6. The van der Waals surface area contributed by atoms with Crippen LogP contribution in [0.3, 0.4) is 0 Å². The molecule has 0 aromatic heterocycles. The third-order valence-corrected chi connectivity index (χ3v) is 27.2. The molecule has 0 saturated carbocycles. The molecule has 4 nitrogen and oxygen atoms in total. The van der Waals surface area contributed by atoms with Gasteiger partial charge in [-0.15, -0.1) is 0 Å². The monoisotopic (exact) mass is 1220 g/mol. The molecule has 0 radical (unpaired) electrons. The molecule has 0 N–H and O–H groups in total. The summed E-state index contributed by atoms with van der Waals surface area (Å²) in [5.74, 6) is 0. The van der Waals surface area contributed by atoms with Crippen molar-refractivity contribution in [3.05, 3.63) is 394 Å². The molecule has 0 bridgehead atoms. The van der Waals surface area contributed by atoms with E-state index in [4.69, 9.17) is 0 Å². The van der Waals surface area contributed by atoms with E-state index in [1.807, 2.05) is 72.8 Å². The first-order valence-electron chi connectivity index (χ1n) is 32.0. The van der Waals surface area contributed by atoms with E-state index in [1.165, 1.54) is 0 Å².